The van der Waals surface area contributed by atoms with Crippen molar-refractivity contribution in [1.29, 1.82) is 0 Å². The lowest BCUT2D eigenvalue weighted by atomic mass is 10.0. The second-order valence-electron chi connectivity index (χ2n) is 7.42. The summed E-state index contributed by atoms with van der Waals surface area (Å²) >= 11 is 1.67. The van der Waals surface area contributed by atoms with Crippen LogP contribution < -0.4 is 9.47 Å². The van der Waals surface area contributed by atoms with Gasteiger partial charge in [0.1, 0.15) is 11.5 Å². The summed E-state index contributed by atoms with van der Waals surface area (Å²) in [6.07, 6.45) is 4.26. The highest BCUT2D eigenvalue weighted by molar-refractivity contribution is 7.10. The Bertz CT molecular complexity index is 875. The number of thiophene rings is 1. The van der Waals surface area contributed by atoms with Crippen LogP contribution >= 0.6 is 11.3 Å². The minimum Gasteiger partial charge on any atom is -0.497 e. The molecule has 0 radical (unpaired) electrons. The van der Waals surface area contributed by atoms with Crippen molar-refractivity contribution in [2.24, 2.45) is 5.10 Å². The van der Waals surface area contributed by atoms with Crippen LogP contribution in [0.5, 0.6) is 11.5 Å². The van der Waals surface area contributed by atoms with Gasteiger partial charge in [-0.2, -0.15) is 5.10 Å². The van der Waals surface area contributed by atoms with Gasteiger partial charge in [0, 0.05) is 22.9 Å². The maximum atomic E-state index is 13.2. The Morgan fingerprint density at radius 2 is 2.00 bits per heavy atom. The van der Waals surface area contributed by atoms with E-state index in [1.54, 1.807) is 30.6 Å². The van der Waals surface area contributed by atoms with Gasteiger partial charge < -0.3 is 9.47 Å². The Balaban J connectivity index is 1.61. The second-order valence-corrected chi connectivity index (χ2v) is 8.40. The molecule has 4 rings (SSSR count). The van der Waals surface area contributed by atoms with Crippen molar-refractivity contribution in [1.82, 2.24) is 9.91 Å². The van der Waals surface area contributed by atoms with E-state index in [1.807, 2.05) is 24.3 Å². The molecule has 3 heterocycles. The van der Waals surface area contributed by atoms with E-state index in [-0.39, 0.29) is 11.9 Å². The van der Waals surface area contributed by atoms with Crippen molar-refractivity contribution in [2.75, 3.05) is 33.9 Å². The van der Waals surface area contributed by atoms with E-state index < -0.39 is 0 Å². The fourth-order valence-corrected chi connectivity index (χ4v) is 4.84. The first-order valence-electron chi connectivity index (χ1n) is 10.1. The molecule has 0 spiro atoms. The van der Waals surface area contributed by atoms with Crippen molar-refractivity contribution in [3.05, 3.63) is 46.2 Å². The maximum absolute atomic E-state index is 13.2. The number of methoxy groups -OCH3 is 2. The molecule has 1 aromatic carbocycles. The maximum Gasteiger partial charge on any atom is 0.257 e. The Kier molecular flexibility index (Phi) is 6.16. The highest BCUT2D eigenvalue weighted by Crippen LogP contribution is 2.37. The Hall–Kier alpha value is -2.38. The van der Waals surface area contributed by atoms with Crippen molar-refractivity contribution in [3.8, 4) is 11.5 Å². The fraction of sp³-hybridized carbons (Fsp3) is 0.455. The van der Waals surface area contributed by atoms with Crippen LogP contribution in [0.2, 0.25) is 0 Å². The molecule has 1 fully saturated rings. The Morgan fingerprint density at radius 1 is 1.17 bits per heavy atom. The molecule has 29 heavy (non-hydrogen) atoms. The first-order valence-corrected chi connectivity index (χ1v) is 10.9. The number of benzene rings is 1. The fourth-order valence-electron chi connectivity index (χ4n) is 4.02. The number of ether oxygens (including phenoxy) is 2. The number of piperidine rings is 1. The number of hydrazone groups is 1. The van der Waals surface area contributed by atoms with Crippen molar-refractivity contribution in [2.45, 2.75) is 31.7 Å². The average molecular weight is 414 g/mol. The van der Waals surface area contributed by atoms with E-state index in [1.165, 1.54) is 19.3 Å². The quantitative estimate of drug-likeness (QED) is 0.720. The molecule has 2 aliphatic heterocycles. The predicted octanol–water partition coefficient (Wildman–Crippen LogP) is 3.93. The normalized spacial score (nSPS) is 19.9. The third-order valence-electron chi connectivity index (χ3n) is 5.56. The largest absolute Gasteiger partial charge is 0.497 e. The topological polar surface area (TPSA) is 54.4 Å². The van der Waals surface area contributed by atoms with Crippen LogP contribution in [-0.2, 0) is 4.79 Å². The van der Waals surface area contributed by atoms with Gasteiger partial charge in [0.15, 0.2) is 0 Å². The van der Waals surface area contributed by atoms with Crippen molar-refractivity contribution in [3.63, 3.8) is 0 Å². The number of likely N-dealkylation sites (tertiary alicyclic amines) is 1. The number of nitrogens with zero attached hydrogens (tertiary/aromatic N) is 3. The lowest BCUT2D eigenvalue weighted by Gasteiger charge is -2.28. The van der Waals surface area contributed by atoms with Crippen LogP contribution in [0.25, 0.3) is 0 Å². The van der Waals surface area contributed by atoms with Gasteiger partial charge in [0.2, 0.25) is 0 Å². The summed E-state index contributed by atoms with van der Waals surface area (Å²) in [4.78, 5) is 16.6. The molecular formula is C22H27N3O3S. The summed E-state index contributed by atoms with van der Waals surface area (Å²) in [7, 11) is 3.28. The molecular weight excluding hydrogens is 386 g/mol. The van der Waals surface area contributed by atoms with Gasteiger partial charge in [-0.1, -0.05) is 12.5 Å². The zero-order chi connectivity index (χ0) is 20.2. The van der Waals surface area contributed by atoms with Crippen LogP contribution in [-0.4, -0.2) is 55.4 Å². The summed E-state index contributed by atoms with van der Waals surface area (Å²) in [5, 5.41) is 8.53. The van der Waals surface area contributed by atoms with Crippen LogP contribution in [0.1, 0.15) is 42.2 Å². The number of carbonyl (C=O) groups is 1. The van der Waals surface area contributed by atoms with Gasteiger partial charge in [-0.25, -0.2) is 5.01 Å². The molecule has 154 valence electrons. The van der Waals surface area contributed by atoms with E-state index in [9.17, 15) is 4.79 Å². The summed E-state index contributed by atoms with van der Waals surface area (Å²) in [6, 6.07) is 9.77. The zero-order valence-corrected chi connectivity index (χ0v) is 17.8. The minimum atomic E-state index is -0.0610. The Labute approximate surface area is 175 Å². The van der Waals surface area contributed by atoms with E-state index >= 15 is 0 Å². The average Bonchev–Trinajstić information content (AvgIpc) is 3.44. The van der Waals surface area contributed by atoms with E-state index in [0.29, 0.717) is 18.7 Å². The standard InChI is InChI=1S/C22H27N3O3S/c1-27-16-8-9-17(20(13-16)28-2)18-14-19(21-7-6-12-29-21)25(23-18)22(26)15-24-10-4-3-5-11-24/h6-9,12-13,19H,3-5,10-11,14-15H2,1-2H3. The van der Waals surface area contributed by atoms with E-state index in [0.717, 1.165) is 35.0 Å². The molecule has 0 aliphatic carbocycles. The van der Waals surface area contributed by atoms with E-state index in [2.05, 4.69) is 16.3 Å². The van der Waals surface area contributed by atoms with Gasteiger partial charge >= 0.3 is 0 Å². The van der Waals surface area contributed by atoms with Crippen LogP contribution in [0.3, 0.4) is 0 Å². The van der Waals surface area contributed by atoms with Gasteiger partial charge in [0.05, 0.1) is 32.5 Å². The monoisotopic (exact) mass is 413 g/mol. The molecule has 1 amide bonds. The number of carbonyl (C=O) groups excluding carboxylic acids is 1. The Morgan fingerprint density at radius 3 is 2.69 bits per heavy atom. The molecule has 1 unspecified atom stereocenters. The van der Waals surface area contributed by atoms with Crippen LogP contribution in [0.4, 0.5) is 0 Å². The highest BCUT2D eigenvalue weighted by atomic mass is 32.1. The first kappa shape index (κ1) is 19.9. The number of amides is 1. The minimum absolute atomic E-state index is 0.0610. The lowest BCUT2D eigenvalue weighted by Crippen LogP contribution is -2.40. The molecule has 2 aromatic rings. The highest BCUT2D eigenvalue weighted by Gasteiger charge is 2.35. The molecule has 1 saturated heterocycles. The molecule has 0 saturated carbocycles. The lowest BCUT2D eigenvalue weighted by molar-refractivity contribution is -0.134. The third-order valence-corrected chi connectivity index (χ3v) is 6.54. The first-order chi connectivity index (χ1) is 14.2. The second kappa shape index (κ2) is 8.97. The number of hydrogen-bond donors (Lipinski definition) is 0. The summed E-state index contributed by atoms with van der Waals surface area (Å²) < 4.78 is 10.9. The van der Waals surface area contributed by atoms with Gasteiger partial charge in [0.25, 0.3) is 5.91 Å². The van der Waals surface area contributed by atoms with Crippen molar-refractivity contribution >= 4 is 23.0 Å². The summed E-state index contributed by atoms with van der Waals surface area (Å²) in [6.45, 7) is 2.41. The SMILES string of the molecule is COc1ccc(C2=NN(C(=O)CN3CCCCC3)C(c3cccs3)C2)c(OC)c1. The van der Waals surface area contributed by atoms with Crippen molar-refractivity contribution < 1.29 is 14.3 Å². The summed E-state index contributed by atoms with van der Waals surface area (Å²) in [5.41, 5.74) is 1.78. The van der Waals surface area contributed by atoms with Crippen LogP contribution in [0, 0.1) is 0 Å². The predicted molar refractivity (Wildman–Crippen MR) is 115 cm³/mol. The molecule has 1 atom stereocenters. The number of hydrogen-bond acceptors (Lipinski definition) is 6. The third kappa shape index (κ3) is 4.31. The molecule has 1 aromatic heterocycles. The molecule has 0 bridgehead atoms. The van der Waals surface area contributed by atoms with Gasteiger partial charge in [-0.05, 0) is 49.5 Å². The molecule has 6 nitrogen and oxygen atoms in total. The molecule has 7 heteroatoms. The van der Waals surface area contributed by atoms with E-state index in [4.69, 9.17) is 14.6 Å². The zero-order valence-electron chi connectivity index (χ0n) is 17.0. The molecule has 2 aliphatic rings. The molecule has 0 N–H and O–H groups in total. The summed E-state index contributed by atoms with van der Waals surface area (Å²) in [5.74, 6) is 1.50. The van der Waals surface area contributed by atoms with Gasteiger partial charge in [-0.15, -0.1) is 11.3 Å². The van der Waals surface area contributed by atoms with Crippen LogP contribution in [0.15, 0.2) is 40.8 Å². The van der Waals surface area contributed by atoms with Gasteiger partial charge in [-0.3, -0.25) is 9.69 Å². The number of rotatable bonds is 6. The smallest absolute Gasteiger partial charge is 0.257 e.